The topological polar surface area (TPSA) is 29.5 Å². The van der Waals surface area contributed by atoms with E-state index in [-0.39, 0.29) is 5.75 Å². The number of hydrogen-bond acceptors (Lipinski definition) is 2. The number of aromatic hydroxyl groups is 1. The molecule has 0 aliphatic heterocycles. The summed E-state index contributed by atoms with van der Waals surface area (Å²) in [6.07, 6.45) is 0. The average Bonchev–Trinajstić information content (AvgIpc) is 2.51. The van der Waals surface area contributed by atoms with Crippen LogP contribution in [0.4, 0.5) is 0 Å². The molecule has 20 heavy (non-hydrogen) atoms. The van der Waals surface area contributed by atoms with Crippen LogP contribution < -0.4 is 4.74 Å². The number of hydrogen-bond donors (Lipinski definition) is 1. The third kappa shape index (κ3) is 3.75. The highest BCUT2D eigenvalue weighted by Crippen LogP contribution is 2.23. The lowest BCUT2D eigenvalue weighted by Gasteiger charge is -2.02. The molecule has 0 amide bonds. The van der Waals surface area contributed by atoms with Crippen molar-refractivity contribution in [3.05, 3.63) is 72.8 Å². The maximum Gasteiger partial charge on any atom is 0.160 e. The van der Waals surface area contributed by atoms with E-state index in [1.165, 1.54) is 10.8 Å². The number of phenolic OH excluding ortho intramolecular Hbond substituents is 1. The molecule has 3 aromatic carbocycles. The van der Waals surface area contributed by atoms with Crippen LogP contribution in [0.1, 0.15) is 6.92 Å². The number of ether oxygens (including phenoxy) is 1. The lowest BCUT2D eigenvalue weighted by Crippen LogP contribution is -1.90. The van der Waals surface area contributed by atoms with E-state index in [4.69, 9.17) is 9.84 Å². The first-order chi connectivity index (χ1) is 9.81. The third-order valence-corrected chi connectivity index (χ3v) is 2.82. The molecule has 0 saturated heterocycles. The number of rotatable bonds is 2. The van der Waals surface area contributed by atoms with Crippen LogP contribution in [-0.2, 0) is 0 Å². The third-order valence-electron chi connectivity index (χ3n) is 2.82. The van der Waals surface area contributed by atoms with Gasteiger partial charge >= 0.3 is 0 Å². The number of para-hydroxylation sites is 2. The van der Waals surface area contributed by atoms with Crippen molar-refractivity contribution in [3.8, 4) is 11.5 Å². The first kappa shape index (κ1) is 13.9. The molecule has 3 rings (SSSR count). The van der Waals surface area contributed by atoms with Crippen molar-refractivity contribution >= 4 is 10.8 Å². The minimum Gasteiger partial charge on any atom is -0.504 e. The van der Waals surface area contributed by atoms with Gasteiger partial charge in [-0.2, -0.15) is 0 Å². The Labute approximate surface area is 119 Å². The van der Waals surface area contributed by atoms with Gasteiger partial charge in [0.25, 0.3) is 0 Å². The molecule has 0 radical (unpaired) electrons. The summed E-state index contributed by atoms with van der Waals surface area (Å²) in [5.74, 6) is 0.745. The lowest BCUT2D eigenvalue weighted by molar-refractivity contribution is 0.318. The molecule has 102 valence electrons. The van der Waals surface area contributed by atoms with E-state index < -0.39 is 0 Å². The molecule has 0 bridgehead atoms. The molecule has 0 aliphatic rings. The minimum absolute atomic E-state index is 0.198. The van der Waals surface area contributed by atoms with Gasteiger partial charge in [-0.1, -0.05) is 60.7 Å². The van der Waals surface area contributed by atoms with E-state index >= 15 is 0 Å². The minimum atomic E-state index is 0.198. The normalized spacial score (nSPS) is 9.65. The van der Waals surface area contributed by atoms with Gasteiger partial charge in [-0.3, -0.25) is 0 Å². The predicted molar refractivity (Wildman–Crippen MR) is 83.2 cm³/mol. The summed E-state index contributed by atoms with van der Waals surface area (Å²) < 4.78 is 5.09. The van der Waals surface area contributed by atoms with Crippen LogP contribution >= 0.6 is 0 Å². The summed E-state index contributed by atoms with van der Waals surface area (Å²) >= 11 is 0. The van der Waals surface area contributed by atoms with E-state index in [1.54, 1.807) is 18.2 Å². The zero-order chi connectivity index (χ0) is 14.2. The maximum absolute atomic E-state index is 9.12. The molecule has 0 aromatic heterocycles. The fourth-order valence-corrected chi connectivity index (χ4v) is 1.87. The van der Waals surface area contributed by atoms with Crippen LogP contribution in [0.3, 0.4) is 0 Å². The summed E-state index contributed by atoms with van der Waals surface area (Å²) in [5, 5.41) is 11.7. The van der Waals surface area contributed by atoms with Crippen molar-refractivity contribution in [2.45, 2.75) is 6.92 Å². The van der Waals surface area contributed by atoms with Gasteiger partial charge in [-0.25, -0.2) is 0 Å². The van der Waals surface area contributed by atoms with Gasteiger partial charge in [0, 0.05) is 0 Å². The van der Waals surface area contributed by atoms with Gasteiger partial charge in [0.15, 0.2) is 11.5 Å². The van der Waals surface area contributed by atoms with Gasteiger partial charge in [-0.05, 0) is 29.8 Å². The lowest BCUT2D eigenvalue weighted by atomic mass is 10.1. The Hall–Kier alpha value is -2.48. The zero-order valence-corrected chi connectivity index (χ0v) is 11.5. The molecule has 0 unspecified atom stereocenters. The van der Waals surface area contributed by atoms with Gasteiger partial charge in [0.2, 0.25) is 0 Å². The van der Waals surface area contributed by atoms with E-state index in [0.717, 1.165) is 0 Å². The van der Waals surface area contributed by atoms with Crippen LogP contribution in [0.25, 0.3) is 10.8 Å². The molecule has 2 heteroatoms. The summed E-state index contributed by atoms with van der Waals surface area (Å²) in [5.41, 5.74) is 0. The molecule has 0 atom stereocenters. The second-order valence-electron chi connectivity index (χ2n) is 4.25. The first-order valence-electron chi connectivity index (χ1n) is 6.66. The summed E-state index contributed by atoms with van der Waals surface area (Å²) in [7, 11) is 0. The second-order valence-corrected chi connectivity index (χ2v) is 4.25. The smallest absolute Gasteiger partial charge is 0.160 e. The molecule has 0 heterocycles. The largest absolute Gasteiger partial charge is 0.504 e. The highest BCUT2D eigenvalue weighted by atomic mass is 16.5. The highest BCUT2D eigenvalue weighted by molar-refractivity contribution is 5.81. The van der Waals surface area contributed by atoms with Crippen molar-refractivity contribution in [1.29, 1.82) is 0 Å². The van der Waals surface area contributed by atoms with Crippen LogP contribution in [-0.4, -0.2) is 11.7 Å². The summed E-state index contributed by atoms with van der Waals surface area (Å²) in [6.45, 7) is 2.46. The van der Waals surface area contributed by atoms with E-state index in [1.807, 2.05) is 13.0 Å². The van der Waals surface area contributed by atoms with Crippen molar-refractivity contribution < 1.29 is 9.84 Å². The average molecular weight is 266 g/mol. The molecule has 0 aliphatic carbocycles. The van der Waals surface area contributed by atoms with Crippen LogP contribution in [0, 0.1) is 0 Å². The van der Waals surface area contributed by atoms with Crippen LogP contribution in [0.2, 0.25) is 0 Å². The van der Waals surface area contributed by atoms with Crippen molar-refractivity contribution in [2.75, 3.05) is 6.61 Å². The number of phenols is 1. The maximum atomic E-state index is 9.12. The number of benzene rings is 3. The van der Waals surface area contributed by atoms with Gasteiger partial charge < -0.3 is 9.84 Å². The van der Waals surface area contributed by atoms with Gasteiger partial charge in [0.1, 0.15) is 0 Å². The summed E-state index contributed by atoms with van der Waals surface area (Å²) in [4.78, 5) is 0. The molecule has 2 nitrogen and oxygen atoms in total. The van der Waals surface area contributed by atoms with Gasteiger partial charge in [-0.15, -0.1) is 0 Å². The number of fused-ring (bicyclic) bond motifs is 1. The second kappa shape index (κ2) is 7.19. The molecule has 3 aromatic rings. The van der Waals surface area contributed by atoms with Gasteiger partial charge in [0.05, 0.1) is 6.61 Å². The summed E-state index contributed by atoms with van der Waals surface area (Å²) in [6, 6.07) is 23.6. The van der Waals surface area contributed by atoms with E-state index in [2.05, 4.69) is 48.5 Å². The fourth-order valence-electron chi connectivity index (χ4n) is 1.87. The Morgan fingerprint density at radius 1 is 0.750 bits per heavy atom. The Morgan fingerprint density at radius 2 is 1.20 bits per heavy atom. The molecule has 0 spiro atoms. The fraction of sp³-hybridized carbons (Fsp3) is 0.111. The Bertz CT molecular complexity index is 597. The Kier molecular flexibility index (Phi) is 5.01. The van der Waals surface area contributed by atoms with Crippen molar-refractivity contribution in [2.24, 2.45) is 0 Å². The standard InChI is InChI=1S/C10H8.C8H10O2/c1-2-6-10-8-4-3-7-9(10)5-1;1-2-10-8-6-4-3-5-7(8)9/h1-8H;3-6,9H,2H2,1H3. The van der Waals surface area contributed by atoms with E-state index in [0.29, 0.717) is 12.4 Å². The molecular weight excluding hydrogens is 248 g/mol. The van der Waals surface area contributed by atoms with Crippen molar-refractivity contribution in [1.82, 2.24) is 0 Å². The first-order valence-corrected chi connectivity index (χ1v) is 6.66. The van der Waals surface area contributed by atoms with Crippen LogP contribution in [0.5, 0.6) is 11.5 Å². The molecular formula is C18H18O2. The quantitative estimate of drug-likeness (QED) is 0.732. The Balaban J connectivity index is 0.000000147. The van der Waals surface area contributed by atoms with Crippen LogP contribution in [0.15, 0.2) is 72.8 Å². The predicted octanol–water partition coefficient (Wildman–Crippen LogP) is 4.63. The monoisotopic (exact) mass is 266 g/mol. The molecule has 1 N–H and O–H groups in total. The van der Waals surface area contributed by atoms with Crippen molar-refractivity contribution in [3.63, 3.8) is 0 Å². The SMILES string of the molecule is CCOc1ccccc1O.c1ccc2ccccc2c1. The van der Waals surface area contributed by atoms with E-state index in [9.17, 15) is 0 Å². The highest BCUT2D eigenvalue weighted by Gasteiger charge is 1.96. The molecule has 0 fully saturated rings. The molecule has 0 saturated carbocycles. The Morgan fingerprint density at radius 3 is 1.65 bits per heavy atom. The zero-order valence-electron chi connectivity index (χ0n) is 11.5.